The molecule has 10 aromatic carbocycles. The van der Waals surface area contributed by atoms with Crippen LogP contribution < -0.4 is 4.90 Å². The molecule has 0 aromatic heterocycles. The molecule has 0 bridgehead atoms. The van der Waals surface area contributed by atoms with Crippen LogP contribution in [0.3, 0.4) is 0 Å². The third kappa shape index (κ3) is 8.06. The van der Waals surface area contributed by atoms with Gasteiger partial charge in [-0.1, -0.05) is 212 Å². The molecule has 288 valence electrons. The number of rotatable bonds is 10. The summed E-state index contributed by atoms with van der Waals surface area (Å²) in [6.45, 7) is 0. The van der Waals surface area contributed by atoms with Crippen LogP contribution in [0.5, 0.6) is 0 Å². The summed E-state index contributed by atoms with van der Waals surface area (Å²) in [6.07, 6.45) is 0. The second-order valence-electron chi connectivity index (χ2n) is 15.4. The Morgan fingerprint density at radius 2 is 0.459 bits per heavy atom. The van der Waals surface area contributed by atoms with Gasteiger partial charge < -0.3 is 4.90 Å². The second-order valence-corrected chi connectivity index (χ2v) is 15.4. The van der Waals surface area contributed by atoms with Gasteiger partial charge in [0.05, 0.1) is 0 Å². The zero-order valence-electron chi connectivity index (χ0n) is 33.8. The van der Waals surface area contributed by atoms with Gasteiger partial charge in [0.25, 0.3) is 0 Å². The van der Waals surface area contributed by atoms with E-state index in [0.717, 1.165) is 17.1 Å². The van der Waals surface area contributed by atoms with Crippen molar-refractivity contribution in [3.05, 3.63) is 261 Å². The van der Waals surface area contributed by atoms with Gasteiger partial charge in [0.2, 0.25) is 0 Å². The van der Waals surface area contributed by atoms with Crippen molar-refractivity contribution in [1.82, 2.24) is 0 Å². The zero-order valence-corrected chi connectivity index (χ0v) is 33.8. The van der Waals surface area contributed by atoms with Crippen LogP contribution in [-0.2, 0) is 0 Å². The fourth-order valence-corrected chi connectivity index (χ4v) is 8.34. The van der Waals surface area contributed by atoms with Gasteiger partial charge in [-0.2, -0.15) is 0 Å². The minimum atomic E-state index is 1.08. The average molecular weight is 778 g/mol. The van der Waals surface area contributed by atoms with Crippen molar-refractivity contribution in [2.75, 3.05) is 4.90 Å². The summed E-state index contributed by atoms with van der Waals surface area (Å²) in [6, 6.07) is 94.0. The maximum Gasteiger partial charge on any atom is 0.0473 e. The molecular weight excluding hydrogens is 735 g/mol. The number of anilines is 3. The van der Waals surface area contributed by atoms with E-state index in [1.807, 2.05) is 0 Å². The molecule has 10 rings (SSSR count). The fourth-order valence-electron chi connectivity index (χ4n) is 8.34. The van der Waals surface area contributed by atoms with Crippen LogP contribution in [0.1, 0.15) is 0 Å². The Morgan fingerprint density at radius 1 is 0.164 bits per heavy atom. The maximum absolute atomic E-state index is 2.39. The first-order valence-electron chi connectivity index (χ1n) is 20.9. The quantitative estimate of drug-likeness (QED) is 0.134. The lowest BCUT2D eigenvalue weighted by molar-refractivity contribution is 1.28. The molecule has 0 saturated carbocycles. The van der Waals surface area contributed by atoms with Crippen molar-refractivity contribution < 1.29 is 0 Å². The summed E-state index contributed by atoms with van der Waals surface area (Å²) in [4.78, 5) is 2.39. The van der Waals surface area contributed by atoms with Crippen LogP contribution in [0, 0.1) is 0 Å². The molecule has 0 unspecified atom stereocenters. The molecule has 0 atom stereocenters. The van der Waals surface area contributed by atoms with Gasteiger partial charge in [-0.25, -0.2) is 0 Å². The van der Waals surface area contributed by atoms with Gasteiger partial charge >= 0.3 is 0 Å². The summed E-state index contributed by atoms with van der Waals surface area (Å²) in [7, 11) is 0. The molecule has 1 heteroatoms. The number of hydrogen-bond donors (Lipinski definition) is 0. The Morgan fingerprint density at radius 3 is 0.918 bits per heavy atom. The van der Waals surface area contributed by atoms with Crippen LogP contribution in [0.2, 0.25) is 0 Å². The minimum Gasteiger partial charge on any atom is -0.310 e. The molecule has 10 aromatic rings. The van der Waals surface area contributed by atoms with Gasteiger partial charge in [0.15, 0.2) is 0 Å². The minimum absolute atomic E-state index is 1.08. The van der Waals surface area contributed by atoms with Gasteiger partial charge in [0, 0.05) is 17.1 Å². The third-order valence-electron chi connectivity index (χ3n) is 11.5. The van der Waals surface area contributed by atoms with Gasteiger partial charge in [-0.15, -0.1) is 0 Å². The fraction of sp³-hybridized carbons (Fsp3) is 0. The van der Waals surface area contributed by atoms with Crippen molar-refractivity contribution in [2.45, 2.75) is 0 Å². The van der Waals surface area contributed by atoms with Crippen molar-refractivity contribution in [3.63, 3.8) is 0 Å². The van der Waals surface area contributed by atoms with Gasteiger partial charge in [0.1, 0.15) is 0 Å². The lowest BCUT2D eigenvalue weighted by Crippen LogP contribution is -2.10. The Bertz CT molecular complexity index is 2950. The SMILES string of the molecule is c1ccc(-c2ccc(-c3ccc(N(c4ccc(-c5ccccc5-c5cccc(-c6ccccc6)c5)cc4)c4cc(-c5ccccc5)cc(-c5ccccc5)c4)cc3)cc2)cc1. The van der Waals surface area contributed by atoms with Crippen LogP contribution in [0.15, 0.2) is 261 Å². The maximum atomic E-state index is 2.39. The molecule has 0 saturated heterocycles. The van der Waals surface area contributed by atoms with Crippen LogP contribution in [0.25, 0.3) is 77.9 Å². The lowest BCUT2D eigenvalue weighted by Gasteiger charge is -2.27. The predicted octanol–water partition coefficient (Wildman–Crippen LogP) is 16.8. The van der Waals surface area contributed by atoms with Crippen molar-refractivity contribution in [1.29, 1.82) is 0 Å². The average Bonchev–Trinajstić information content (AvgIpc) is 3.36. The van der Waals surface area contributed by atoms with E-state index in [0.29, 0.717) is 0 Å². The molecule has 0 aliphatic rings. The Hall–Kier alpha value is -8.00. The van der Waals surface area contributed by atoms with Crippen LogP contribution in [0.4, 0.5) is 17.1 Å². The second kappa shape index (κ2) is 17.1. The van der Waals surface area contributed by atoms with Gasteiger partial charge in [-0.05, 0) is 126 Å². The molecule has 0 aliphatic carbocycles. The summed E-state index contributed by atoms with van der Waals surface area (Å²) >= 11 is 0. The van der Waals surface area contributed by atoms with E-state index in [2.05, 4.69) is 266 Å². The highest BCUT2D eigenvalue weighted by Gasteiger charge is 2.17. The summed E-state index contributed by atoms with van der Waals surface area (Å²) in [5.41, 5.74) is 19.9. The van der Waals surface area contributed by atoms with E-state index >= 15 is 0 Å². The summed E-state index contributed by atoms with van der Waals surface area (Å²) in [5.74, 6) is 0. The normalized spacial score (nSPS) is 11.0. The first-order valence-corrected chi connectivity index (χ1v) is 20.9. The Labute approximate surface area is 359 Å². The van der Waals surface area contributed by atoms with Crippen molar-refractivity contribution in [2.24, 2.45) is 0 Å². The molecule has 0 spiro atoms. The first-order chi connectivity index (χ1) is 30.2. The Balaban J connectivity index is 1.06. The molecular formula is C60H43N. The number of benzene rings is 10. The van der Waals surface area contributed by atoms with E-state index in [4.69, 9.17) is 0 Å². The predicted molar refractivity (Wildman–Crippen MR) is 259 cm³/mol. The van der Waals surface area contributed by atoms with Crippen LogP contribution >= 0.6 is 0 Å². The molecule has 61 heavy (non-hydrogen) atoms. The highest BCUT2D eigenvalue weighted by Crippen LogP contribution is 2.42. The van der Waals surface area contributed by atoms with E-state index in [1.54, 1.807) is 0 Å². The summed E-state index contributed by atoms with van der Waals surface area (Å²) < 4.78 is 0. The van der Waals surface area contributed by atoms with Crippen molar-refractivity contribution >= 4 is 17.1 Å². The topological polar surface area (TPSA) is 3.24 Å². The number of nitrogens with zero attached hydrogens (tertiary/aromatic N) is 1. The first kappa shape index (κ1) is 37.3. The lowest BCUT2D eigenvalue weighted by atomic mass is 9.92. The number of hydrogen-bond acceptors (Lipinski definition) is 1. The van der Waals surface area contributed by atoms with E-state index in [1.165, 1.54) is 77.9 Å². The molecule has 0 N–H and O–H groups in total. The molecule has 0 amide bonds. The van der Waals surface area contributed by atoms with E-state index in [9.17, 15) is 0 Å². The monoisotopic (exact) mass is 777 g/mol. The Kier molecular flexibility index (Phi) is 10.4. The van der Waals surface area contributed by atoms with E-state index in [-0.39, 0.29) is 0 Å². The third-order valence-corrected chi connectivity index (χ3v) is 11.5. The standard InChI is InChI=1S/C60H43N/c1-5-16-44(17-6-1)48-28-30-49(31-29-48)50-32-36-56(37-33-50)61(58-42-54(46-20-9-3-10-21-46)41-55(43-58)47-22-11-4-12-23-47)57-38-34-51(35-39-57)59-26-13-14-27-60(59)53-25-15-24-52(40-53)45-18-7-2-8-19-45/h1-43H. The molecule has 0 aliphatic heterocycles. The molecule has 1 nitrogen and oxygen atoms in total. The highest BCUT2D eigenvalue weighted by atomic mass is 15.1. The van der Waals surface area contributed by atoms with E-state index < -0.39 is 0 Å². The van der Waals surface area contributed by atoms with Crippen LogP contribution in [-0.4, -0.2) is 0 Å². The smallest absolute Gasteiger partial charge is 0.0473 e. The molecule has 0 fully saturated rings. The molecule has 0 heterocycles. The highest BCUT2D eigenvalue weighted by molar-refractivity contribution is 5.89. The van der Waals surface area contributed by atoms with Crippen molar-refractivity contribution in [3.8, 4) is 77.9 Å². The zero-order chi connectivity index (χ0) is 40.8. The largest absolute Gasteiger partial charge is 0.310 e. The summed E-state index contributed by atoms with van der Waals surface area (Å²) in [5, 5.41) is 0. The van der Waals surface area contributed by atoms with Gasteiger partial charge in [-0.3, -0.25) is 0 Å². The molecule has 0 radical (unpaired) electrons.